The minimum Gasteiger partial charge on any atom is -0.493 e. The average Bonchev–Trinajstić information content (AvgIpc) is 3.37. The molecule has 33 heavy (non-hydrogen) atoms. The van der Waals surface area contributed by atoms with E-state index in [4.69, 9.17) is 13.9 Å². The van der Waals surface area contributed by atoms with Gasteiger partial charge in [-0.05, 0) is 57.6 Å². The molecule has 2 aromatic rings. The standard InChI is InChI=1S/C25H32N2O6/c1-24(2,3)33-21(29)15-20(28)27-13-10-25(16-27)8-11-26(12-9-25)23(30)19-14-17-6-5-7-18(31-4)22(17)32-19/h5-7,14H,8-13,15-16H2,1-4H3. The highest BCUT2D eigenvalue weighted by Gasteiger charge is 2.43. The Hall–Kier alpha value is -3.03. The maximum absolute atomic E-state index is 13.1. The molecule has 0 atom stereocenters. The van der Waals surface area contributed by atoms with Gasteiger partial charge in [-0.15, -0.1) is 0 Å². The van der Waals surface area contributed by atoms with Gasteiger partial charge >= 0.3 is 5.97 Å². The monoisotopic (exact) mass is 456 g/mol. The second-order valence-corrected chi connectivity index (χ2v) is 10.1. The SMILES string of the molecule is COc1cccc2cc(C(=O)N3CCC4(CCN(C(=O)CC(=O)OC(C)(C)C)C4)CC3)oc12. The van der Waals surface area contributed by atoms with Crippen LogP contribution in [-0.2, 0) is 14.3 Å². The predicted molar refractivity (Wildman–Crippen MR) is 122 cm³/mol. The van der Waals surface area contributed by atoms with Gasteiger partial charge in [0.15, 0.2) is 17.1 Å². The van der Waals surface area contributed by atoms with Gasteiger partial charge in [-0.25, -0.2) is 0 Å². The van der Waals surface area contributed by atoms with E-state index >= 15 is 0 Å². The lowest BCUT2D eigenvalue weighted by atomic mass is 9.77. The molecule has 2 fully saturated rings. The van der Waals surface area contributed by atoms with Gasteiger partial charge in [0, 0.05) is 31.6 Å². The number of hydrogen-bond donors (Lipinski definition) is 0. The molecule has 0 N–H and O–H groups in total. The van der Waals surface area contributed by atoms with E-state index in [1.807, 2.05) is 17.0 Å². The average molecular weight is 457 g/mol. The Bertz CT molecular complexity index is 1060. The minimum atomic E-state index is -0.603. The molecule has 3 heterocycles. The Balaban J connectivity index is 1.34. The van der Waals surface area contributed by atoms with Gasteiger partial charge in [0.05, 0.1) is 7.11 Å². The predicted octanol–water partition coefficient (Wildman–Crippen LogP) is 3.63. The zero-order valence-electron chi connectivity index (χ0n) is 19.8. The van der Waals surface area contributed by atoms with E-state index in [9.17, 15) is 14.4 Å². The minimum absolute atomic E-state index is 0.00251. The van der Waals surface area contributed by atoms with Gasteiger partial charge in [-0.3, -0.25) is 14.4 Å². The second-order valence-electron chi connectivity index (χ2n) is 10.1. The first-order valence-corrected chi connectivity index (χ1v) is 11.4. The van der Waals surface area contributed by atoms with E-state index < -0.39 is 11.6 Å². The highest BCUT2D eigenvalue weighted by Crippen LogP contribution is 2.41. The summed E-state index contributed by atoms with van der Waals surface area (Å²) in [6.07, 6.45) is 2.29. The van der Waals surface area contributed by atoms with Gasteiger partial charge in [0.25, 0.3) is 5.91 Å². The number of piperidine rings is 1. The molecule has 4 rings (SSSR count). The van der Waals surface area contributed by atoms with Crippen LogP contribution in [0.3, 0.4) is 0 Å². The number of carbonyl (C=O) groups excluding carboxylic acids is 3. The number of benzene rings is 1. The molecule has 178 valence electrons. The number of para-hydroxylation sites is 1. The van der Waals surface area contributed by atoms with Crippen molar-refractivity contribution in [2.45, 2.75) is 52.1 Å². The van der Waals surface area contributed by atoms with E-state index in [2.05, 4.69) is 0 Å². The third-order valence-corrected chi connectivity index (χ3v) is 6.56. The number of likely N-dealkylation sites (tertiary alicyclic amines) is 2. The van der Waals surface area contributed by atoms with Crippen LogP contribution >= 0.6 is 0 Å². The van der Waals surface area contributed by atoms with E-state index in [0.717, 1.165) is 24.6 Å². The van der Waals surface area contributed by atoms with Crippen molar-refractivity contribution in [2.24, 2.45) is 5.41 Å². The Kier molecular flexibility index (Phi) is 6.12. The van der Waals surface area contributed by atoms with E-state index in [-0.39, 0.29) is 23.7 Å². The highest BCUT2D eigenvalue weighted by atomic mass is 16.6. The Morgan fingerprint density at radius 1 is 1.06 bits per heavy atom. The first-order valence-electron chi connectivity index (χ1n) is 11.4. The summed E-state index contributed by atoms with van der Waals surface area (Å²) >= 11 is 0. The van der Waals surface area contributed by atoms with Crippen molar-refractivity contribution < 1.29 is 28.3 Å². The third kappa shape index (κ3) is 4.99. The van der Waals surface area contributed by atoms with Gasteiger partial charge in [0.1, 0.15) is 12.0 Å². The zero-order chi connectivity index (χ0) is 23.8. The Labute approximate surface area is 193 Å². The molecule has 2 aliphatic heterocycles. The van der Waals surface area contributed by atoms with Crippen molar-refractivity contribution in [2.75, 3.05) is 33.3 Å². The van der Waals surface area contributed by atoms with Crippen LogP contribution in [0.4, 0.5) is 0 Å². The molecule has 0 radical (unpaired) electrons. The van der Waals surface area contributed by atoms with Gasteiger partial charge < -0.3 is 23.7 Å². The maximum Gasteiger partial charge on any atom is 0.315 e. The number of hydrogen-bond acceptors (Lipinski definition) is 6. The highest BCUT2D eigenvalue weighted by molar-refractivity contribution is 5.97. The molecule has 0 aliphatic carbocycles. The number of ether oxygens (including phenoxy) is 2. The smallest absolute Gasteiger partial charge is 0.315 e. The quantitative estimate of drug-likeness (QED) is 0.516. The number of methoxy groups -OCH3 is 1. The molecule has 2 amide bonds. The van der Waals surface area contributed by atoms with Crippen LogP contribution in [0.2, 0.25) is 0 Å². The second kappa shape index (κ2) is 8.72. The zero-order valence-corrected chi connectivity index (χ0v) is 19.8. The summed E-state index contributed by atoms with van der Waals surface area (Å²) in [5.74, 6) is 0.114. The van der Waals surface area contributed by atoms with Crippen LogP contribution in [0.1, 0.15) is 57.0 Å². The number of nitrogens with zero attached hydrogens (tertiary/aromatic N) is 2. The summed E-state index contributed by atoms with van der Waals surface area (Å²) in [4.78, 5) is 41.3. The lowest BCUT2D eigenvalue weighted by molar-refractivity contribution is -0.158. The summed E-state index contributed by atoms with van der Waals surface area (Å²) in [6.45, 7) is 7.85. The summed E-state index contributed by atoms with van der Waals surface area (Å²) in [5, 5.41) is 0.834. The number of esters is 1. The molecule has 0 bridgehead atoms. The lowest BCUT2D eigenvalue weighted by Gasteiger charge is -2.39. The Morgan fingerprint density at radius 2 is 1.73 bits per heavy atom. The van der Waals surface area contributed by atoms with Gasteiger partial charge in [-0.1, -0.05) is 12.1 Å². The number of furan rings is 1. The molecule has 1 aromatic carbocycles. The molecule has 2 saturated heterocycles. The third-order valence-electron chi connectivity index (χ3n) is 6.56. The first-order chi connectivity index (χ1) is 15.6. The summed E-state index contributed by atoms with van der Waals surface area (Å²) in [6, 6.07) is 7.33. The van der Waals surface area contributed by atoms with Crippen molar-refractivity contribution >= 4 is 28.8 Å². The molecule has 0 unspecified atom stereocenters. The van der Waals surface area contributed by atoms with Crippen molar-refractivity contribution in [1.82, 2.24) is 9.80 Å². The first kappa shape index (κ1) is 23.1. The van der Waals surface area contributed by atoms with Crippen LogP contribution in [-0.4, -0.2) is 66.5 Å². The Morgan fingerprint density at radius 3 is 2.36 bits per heavy atom. The fourth-order valence-electron chi connectivity index (χ4n) is 4.81. The number of amides is 2. The maximum atomic E-state index is 13.1. The summed E-state index contributed by atoms with van der Waals surface area (Å²) < 4.78 is 16.4. The topological polar surface area (TPSA) is 89.3 Å². The molecule has 1 spiro atoms. The van der Waals surface area contributed by atoms with Crippen molar-refractivity contribution in [3.8, 4) is 5.75 Å². The van der Waals surface area contributed by atoms with E-state index in [1.165, 1.54) is 0 Å². The normalized spacial score (nSPS) is 18.1. The van der Waals surface area contributed by atoms with Crippen LogP contribution in [0.15, 0.2) is 28.7 Å². The summed E-state index contributed by atoms with van der Waals surface area (Å²) in [7, 11) is 1.58. The summed E-state index contributed by atoms with van der Waals surface area (Å²) in [5.41, 5.74) is -0.0300. The van der Waals surface area contributed by atoms with Crippen molar-refractivity contribution in [3.05, 3.63) is 30.0 Å². The molecule has 1 aromatic heterocycles. The van der Waals surface area contributed by atoms with Crippen LogP contribution in [0.25, 0.3) is 11.0 Å². The fourth-order valence-corrected chi connectivity index (χ4v) is 4.81. The van der Waals surface area contributed by atoms with Crippen molar-refractivity contribution in [3.63, 3.8) is 0 Å². The number of fused-ring (bicyclic) bond motifs is 1. The van der Waals surface area contributed by atoms with Gasteiger partial charge in [-0.2, -0.15) is 0 Å². The van der Waals surface area contributed by atoms with Crippen LogP contribution < -0.4 is 4.74 Å². The van der Waals surface area contributed by atoms with Gasteiger partial charge in [0.2, 0.25) is 5.91 Å². The molecule has 8 heteroatoms. The number of carbonyl (C=O) groups is 3. The van der Waals surface area contributed by atoms with Crippen LogP contribution in [0.5, 0.6) is 5.75 Å². The molecule has 0 saturated carbocycles. The fraction of sp³-hybridized carbons (Fsp3) is 0.560. The molecular weight excluding hydrogens is 424 g/mol. The largest absolute Gasteiger partial charge is 0.493 e. The molecular formula is C25H32N2O6. The molecule has 8 nitrogen and oxygen atoms in total. The lowest BCUT2D eigenvalue weighted by Crippen LogP contribution is -2.44. The van der Waals surface area contributed by atoms with E-state index in [0.29, 0.717) is 43.3 Å². The van der Waals surface area contributed by atoms with E-state index in [1.54, 1.807) is 44.9 Å². The van der Waals surface area contributed by atoms with Crippen molar-refractivity contribution in [1.29, 1.82) is 0 Å². The number of rotatable bonds is 4. The van der Waals surface area contributed by atoms with Crippen LogP contribution in [0, 0.1) is 5.41 Å². The molecule has 2 aliphatic rings.